The monoisotopic (exact) mass is 453 g/mol. The highest BCUT2D eigenvalue weighted by Gasteiger charge is 2.19. The summed E-state index contributed by atoms with van der Waals surface area (Å²) >= 11 is 7.32. The number of carbonyl (C=O) groups excluding carboxylic acids is 1. The van der Waals surface area contributed by atoms with Crippen molar-refractivity contribution in [2.45, 2.75) is 0 Å². The van der Waals surface area contributed by atoms with E-state index in [1.54, 1.807) is 12.1 Å². The number of nitrogens with zero attached hydrogens (tertiary/aromatic N) is 2. The van der Waals surface area contributed by atoms with Crippen LogP contribution < -0.4 is 5.32 Å². The molecule has 0 unspecified atom stereocenters. The van der Waals surface area contributed by atoms with Crippen LogP contribution in [0.5, 0.6) is 0 Å². The number of non-ortho nitro benzene ring substituents is 1. The maximum absolute atomic E-state index is 13.4. The lowest BCUT2D eigenvalue weighted by atomic mass is 10.1. The number of hydrogen-bond acceptors (Lipinski definition) is 5. The van der Waals surface area contributed by atoms with Crippen LogP contribution in [0.2, 0.25) is 5.02 Å². The number of rotatable bonds is 5. The Bertz CT molecular complexity index is 1280. The fourth-order valence-corrected chi connectivity index (χ4v) is 4.18. The molecule has 1 heterocycles. The van der Waals surface area contributed by atoms with E-state index in [-0.39, 0.29) is 22.1 Å². The maximum atomic E-state index is 13.4. The Morgan fingerprint density at radius 2 is 1.74 bits per heavy atom. The van der Waals surface area contributed by atoms with E-state index in [9.17, 15) is 19.3 Å². The van der Waals surface area contributed by atoms with Gasteiger partial charge >= 0.3 is 0 Å². The summed E-state index contributed by atoms with van der Waals surface area (Å²) in [5.74, 6) is -0.902. The van der Waals surface area contributed by atoms with Gasteiger partial charge in [-0.25, -0.2) is 9.37 Å². The molecule has 0 radical (unpaired) electrons. The molecular weight excluding hydrogens is 441 g/mol. The Morgan fingerprint density at radius 3 is 2.39 bits per heavy atom. The van der Waals surface area contributed by atoms with Gasteiger partial charge in [0.25, 0.3) is 11.6 Å². The number of amides is 1. The Morgan fingerprint density at radius 1 is 1.03 bits per heavy atom. The molecule has 0 aliphatic rings. The van der Waals surface area contributed by atoms with Crippen LogP contribution in [0.4, 0.5) is 15.2 Å². The average molecular weight is 454 g/mol. The zero-order chi connectivity index (χ0) is 22.0. The first-order valence-corrected chi connectivity index (χ1v) is 10.2. The third-order valence-electron chi connectivity index (χ3n) is 4.41. The Kier molecular flexibility index (Phi) is 5.75. The van der Waals surface area contributed by atoms with Gasteiger partial charge in [-0.2, -0.15) is 0 Å². The highest BCUT2D eigenvalue weighted by molar-refractivity contribution is 7.19. The number of hydrogen-bond donors (Lipinski definition) is 1. The molecule has 0 fully saturated rings. The van der Waals surface area contributed by atoms with Crippen molar-refractivity contribution in [3.63, 3.8) is 0 Å². The van der Waals surface area contributed by atoms with Gasteiger partial charge in [-0.1, -0.05) is 53.3 Å². The molecule has 1 amide bonds. The maximum Gasteiger partial charge on any atom is 0.270 e. The van der Waals surface area contributed by atoms with Crippen molar-refractivity contribution in [3.8, 4) is 21.7 Å². The zero-order valence-corrected chi connectivity index (χ0v) is 17.3. The zero-order valence-electron chi connectivity index (χ0n) is 15.7. The minimum Gasteiger partial charge on any atom is -0.298 e. The van der Waals surface area contributed by atoms with Crippen molar-refractivity contribution in [1.82, 2.24) is 4.98 Å². The SMILES string of the molecule is O=C(Nc1nc(-c2ccc(F)cc2)c(-c2ccccc2)s1)c1ccc([N+](=O)[O-])cc1Cl. The third kappa shape index (κ3) is 4.45. The smallest absolute Gasteiger partial charge is 0.270 e. The number of anilines is 1. The van der Waals surface area contributed by atoms with E-state index in [4.69, 9.17) is 11.6 Å². The topological polar surface area (TPSA) is 85.1 Å². The molecule has 0 saturated heterocycles. The molecule has 1 N–H and O–H groups in total. The van der Waals surface area contributed by atoms with Crippen LogP contribution in [0.25, 0.3) is 21.7 Å². The summed E-state index contributed by atoms with van der Waals surface area (Å²) in [4.78, 5) is 28.3. The van der Waals surface area contributed by atoms with Gasteiger partial charge in [0.1, 0.15) is 5.82 Å². The summed E-state index contributed by atoms with van der Waals surface area (Å²) in [6, 6.07) is 19.1. The van der Waals surface area contributed by atoms with Crippen LogP contribution >= 0.6 is 22.9 Å². The van der Waals surface area contributed by atoms with E-state index < -0.39 is 10.8 Å². The second-order valence-electron chi connectivity index (χ2n) is 6.45. The van der Waals surface area contributed by atoms with Crippen molar-refractivity contribution in [1.29, 1.82) is 0 Å². The van der Waals surface area contributed by atoms with Crippen molar-refractivity contribution in [3.05, 3.63) is 99.3 Å². The molecule has 0 bridgehead atoms. The van der Waals surface area contributed by atoms with Gasteiger partial charge in [-0.05, 0) is 35.9 Å². The molecule has 6 nitrogen and oxygen atoms in total. The summed E-state index contributed by atoms with van der Waals surface area (Å²) < 4.78 is 13.4. The lowest BCUT2D eigenvalue weighted by molar-refractivity contribution is -0.384. The lowest BCUT2D eigenvalue weighted by Gasteiger charge is -2.04. The van der Waals surface area contributed by atoms with Crippen LogP contribution in [-0.4, -0.2) is 15.8 Å². The lowest BCUT2D eigenvalue weighted by Crippen LogP contribution is -2.12. The highest BCUT2D eigenvalue weighted by atomic mass is 35.5. The summed E-state index contributed by atoms with van der Waals surface area (Å²) in [5, 5.41) is 13.9. The van der Waals surface area contributed by atoms with E-state index >= 15 is 0 Å². The van der Waals surface area contributed by atoms with Crippen LogP contribution in [-0.2, 0) is 0 Å². The van der Waals surface area contributed by atoms with Crippen molar-refractivity contribution in [2.24, 2.45) is 0 Å². The average Bonchev–Trinajstić information content (AvgIpc) is 3.18. The Balaban J connectivity index is 1.70. The molecule has 3 aromatic carbocycles. The van der Waals surface area contributed by atoms with E-state index in [1.807, 2.05) is 30.3 Å². The Hall–Kier alpha value is -3.62. The van der Waals surface area contributed by atoms with Crippen molar-refractivity contribution in [2.75, 3.05) is 5.32 Å². The summed E-state index contributed by atoms with van der Waals surface area (Å²) in [5.41, 5.74) is 2.08. The van der Waals surface area contributed by atoms with Gasteiger partial charge in [0.15, 0.2) is 5.13 Å². The van der Waals surface area contributed by atoms with Gasteiger partial charge in [-0.15, -0.1) is 0 Å². The van der Waals surface area contributed by atoms with Gasteiger partial charge in [0.05, 0.1) is 26.1 Å². The first-order valence-electron chi connectivity index (χ1n) is 9.00. The minimum atomic E-state index is -0.588. The van der Waals surface area contributed by atoms with Gasteiger partial charge in [0, 0.05) is 17.7 Å². The molecule has 0 aliphatic carbocycles. The standard InChI is InChI=1S/C22H13ClFN3O3S/c23-18-12-16(27(29)30)10-11-17(18)21(28)26-22-25-19(13-6-8-15(24)9-7-13)20(31-22)14-4-2-1-3-5-14/h1-12H,(H,25,26,28). The fraction of sp³-hybridized carbons (Fsp3) is 0. The second kappa shape index (κ2) is 8.63. The molecule has 0 atom stereocenters. The van der Waals surface area contributed by atoms with E-state index in [0.29, 0.717) is 16.4 Å². The van der Waals surface area contributed by atoms with Crippen molar-refractivity contribution < 1.29 is 14.1 Å². The molecular formula is C22H13ClFN3O3S. The van der Waals surface area contributed by atoms with E-state index in [2.05, 4.69) is 10.3 Å². The molecule has 0 aliphatic heterocycles. The number of halogens is 2. The van der Waals surface area contributed by atoms with Crippen LogP contribution in [0, 0.1) is 15.9 Å². The molecule has 9 heteroatoms. The quantitative estimate of drug-likeness (QED) is 0.278. The summed E-state index contributed by atoms with van der Waals surface area (Å²) in [6.45, 7) is 0. The number of nitro groups is 1. The van der Waals surface area contributed by atoms with E-state index in [1.165, 1.54) is 35.6 Å². The summed E-state index contributed by atoms with van der Waals surface area (Å²) in [7, 11) is 0. The number of aromatic nitrogens is 1. The predicted octanol–water partition coefficient (Wildman–Crippen LogP) is 6.43. The molecule has 31 heavy (non-hydrogen) atoms. The molecule has 0 saturated carbocycles. The second-order valence-corrected chi connectivity index (χ2v) is 7.85. The first-order chi connectivity index (χ1) is 14.9. The molecule has 4 rings (SSSR count). The number of thiazole rings is 1. The molecule has 0 spiro atoms. The number of benzene rings is 3. The molecule has 154 valence electrons. The van der Waals surface area contributed by atoms with Gasteiger partial charge in [0.2, 0.25) is 0 Å². The van der Waals surface area contributed by atoms with Crippen LogP contribution in [0.15, 0.2) is 72.8 Å². The van der Waals surface area contributed by atoms with Crippen LogP contribution in [0.1, 0.15) is 10.4 Å². The predicted molar refractivity (Wildman–Crippen MR) is 119 cm³/mol. The molecule has 4 aromatic rings. The third-order valence-corrected chi connectivity index (χ3v) is 5.74. The number of carbonyl (C=O) groups is 1. The van der Waals surface area contributed by atoms with E-state index in [0.717, 1.165) is 16.5 Å². The Labute approximate surface area is 185 Å². The van der Waals surface area contributed by atoms with Gasteiger partial charge < -0.3 is 0 Å². The largest absolute Gasteiger partial charge is 0.298 e. The summed E-state index contributed by atoms with van der Waals surface area (Å²) in [6.07, 6.45) is 0. The van der Waals surface area contributed by atoms with Crippen LogP contribution in [0.3, 0.4) is 0 Å². The van der Waals surface area contributed by atoms with Crippen molar-refractivity contribution >= 4 is 39.7 Å². The molecule has 1 aromatic heterocycles. The van der Waals surface area contributed by atoms with Gasteiger partial charge in [-0.3, -0.25) is 20.2 Å². The normalized spacial score (nSPS) is 10.6. The number of nitrogens with one attached hydrogen (secondary N) is 1. The number of nitro benzene ring substituents is 1. The minimum absolute atomic E-state index is 0.0368. The first kappa shape index (κ1) is 20.6. The fourth-order valence-electron chi connectivity index (χ4n) is 2.93. The highest BCUT2D eigenvalue weighted by Crippen LogP contribution is 2.39.